The van der Waals surface area contributed by atoms with Crippen molar-refractivity contribution in [2.24, 2.45) is 11.8 Å². The molecule has 0 saturated carbocycles. The topological polar surface area (TPSA) is 90.9 Å². The van der Waals surface area contributed by atoms with Crippen molar-refractivity contribution in [3.8, 4) is 5.75 Å². The van der Waals surface area contributed by atoms with Crippen molar-refractivity contribution >= 4 is 24.2 Å². The summed E-state index contributed by atoms with van der Waals surface area (Å²) in [6, 6.07) is 5.88. The number of aliphatic hydroxyl groups excluding tert-OH is 1. The summed E-state index contributed by atoms with van der Waals surface area (Å²) in [4.78, 5) is 26.8. The van der Waals surface area contributed by atoms with Crippen molar-refractivity contribution in [2.45, 2.75) is 25.6 Å². The van der Waals surface area contributed by atoms with Crippen LogP contribution in [0.25, 0.3) is 0 Å². The maximum Gasteiger partial charge on any atom is 0.387 e. The molecule has 29 heavy (non-hydrogen) atoms. The standard InChI is InChI=1S/C19H25F2N3O4.ClH/c20-19(21)28-16-6-2-1-5-14(16)18(27)24-7-3-4-12(11-24)17(26)23-9-13-8-22-10-15(13)25;/h1-2,5-6,12-13,15,19,22,25H,3-4,7-11H2,(H,23,26);1H. The Hall–Kier alpha value is -1.97. The van der Waals surface area contributed by atoms with Crippen LogP contribution >= 0.6 is 12.4 Å². The molecule has 2 heterocycles. The first kappa shape index (κ1) is 23.3. The number of nitrogens with zero attached hydrogens (tertiary/aromatic N) is 1. The van der Waals surface area contributed by atoms with Crippen LogP contribution in [0.15, 0.2) is 24.3 Å². The fourth-order valence-electron chi connectivity index (χ4n) is 3.69. The highest BCUT2D eigenvalue weighted by molar-refractivity contribution is 5.97. The molecular formula is C19H26ClF2N3O4. The molecule has 2 amide bonds. The zero-order chi connectivity index (χ0) is 20.1. The maximum absolute atomic E-state index is 12.8. The van der Waals surface area contributed by atoms with E-state index in [9.17, 15) is 23.5 Å². The molecule has 2 aliphatic heterocycles. The third-order valence-electron chi connectivity index (χ3n) is 5.26. The molecule has 0 aliphatic carbocycles. The van der Waals surface area contributed by atoms with E-state index in [-0.39, 0.29) is 48.0 Å². The molecule has 0 spiro atoms. The van der Waals surface area contributed by atoms with Crippen molar-refractivity contribution in [3.63, 3.8) is 0 Å². The highest BCUT2D eigenvalue weighted by Crippen LogP contribution is 2.25. The molecule has 0 radical (unpaired) electrons. The largest absolute Gasteiger partial charge is 0.434 e. The van der Waals surface area contributed by atoms with Crippen LogP contribution in [0.2, 0.25) is 0 Å². The molecule has 2 fully saturated rings. The predicted molar refractivity (Wildman–Crippen MR) is 104 cm³/mol. The van der Waals surface area contributed by atoms with E-state index in [1.165, 1.54) is 23.1 Å². The number of hydrogen-bond acceptors (Lipinski definition) is 5. The molecule has 10 heteroatoms. The van der Waals surface area contributed by atoms with E-state index in [1.807, 2.05) is 0 Å². The smallest absolute Gasteiger partial charge is 0.387 e. The zero-order valence-corrected chi connectivity index (χ0v) is 16.7. The summed E-state index contributed by atoms with van der Waals surface area (Å²) in [6.07, 6.45) is 0.821. The second-order valence-electron chi connectivity index (χ2n) is 7.20. The van der Waals surface area contributed by atoms with Crippen LogP contribution in [0.3, 0.4) is 0 Å². The molecule has 0 bridgehead atoms. The SMILES string of the molecule is Cl.O=C(NCC1CNCC1O)C1CCCN(C(=O)c2ccccc2OC(F)F)C1. The van der Waals surface area contributed by atoms with E-state index in [0.29, 0.717) is 39.0 Å². The van der Waals surface area contributed by atoms with Crippen LogP contribution in [0, 0.1) is 11.8 Å². The Kier molecular flexibility index (Phi) is 8.60. The van der Waals surface area contributed by atoms with Crippen LogP contribution in [0.4, 0.5) is 8.78 Å². The van der Waals surface area contributed by atoms with Gasteiger partial charge in [0, 0.05) is 38.6 Å². The lowest BCUT2D eigenvalue weighted by atomic mass is 9.96. The van der Waals surface area contributed by atoms with Gasteiger partial charge in [0.05, 0.1) is 17.6 Å². The number of alkyl halides is 2. The number of nitrogens with one attached hydrogen (secondary N) is 2. The first-order chi connectivity index (χ1) is 13.5. The second-order valence-corrected chi connectivity index (χ2v) is 7.20. The quantitative estimate of drug-likeness (QED) is 0.628. The number of rotatable bonds is 6. The second kappa shape index (κ2) is 10.7. The Balaban J connectivity index is 0.00000300. The number of aliphatic hydroxyl groups is 1. The molecule has 2 aliphatic rings. The van der Waals surface area contributed by atoms with Crippen molar-refractivity contribution in [1.29, 1.82) is 0 Å². The normalized spacial score (nSPS) is 24.1. The highest BCUT2D eigenvalue weighted by atomic mass is 35.5. The minimum Gasteiger partial charge on any atom is -0.434 e. The van der Waals surface area contributed by atoms with Crippen LogP contribution in [-0.2, 0) is 4.79 Å². The van der Waals surface area contributed by atoms with E-state index in [1.54, 1.807) is 6.07 Å². The zero-order valence-electron chi connectivity index (χ0n) is 15.9. The summed E-state index contributed by atoms with van der Waals surface area (Å²) in [5.41, 5.74) is 0.0593. The van der Waals surface area contributed by atoms with Gasteiger partial charge in [-0.05, 0) is 25.0 Å². The lowest BCUT2D eigenvalue weighted by Crippen LogP contribution is -2.46. The van der Waals surface area contributed by atoms with Gasteiger partial charge in [-0.2, -0.15) is 8.78 Å². The maximum atomic E-state index is 12.8. The van der Waals surface area contributed by atoms with E-state index >= 15 is 0 Å². The van der Waals surface area contributed by atoms with Crippen LogP contribution in [-0.4, -0.2) is 67.3 Å². The van der Waals surface area contributed by atoms with Crippen molar-refractivity contribution < 1.29 is 28.2 Å². The first-order valence-corrected chi connectivity index (χ1v) is 9.45. The third kappa shape index (κ3) is 6.01. The Morgan fingerprint density at radius 2 is 2.07 bits per heavy atom. The number of carbonyl (C=O) groups is 2. The van der Waals surface area contributed by atoms with Gasteiger partial charge < -0.3 is 25.4 Å². The van der Waals surface area contributed by atoms with Gasteiger partial charge in [0.25, 0.3) is 5.91 Å². The summed E-state index contributed by atoms with van der Waals surface area (Å²) in [5, 5.41) is 15.7. The number of benzene rings is 1. The molecular weight excluding hydrogens is 408 g/mol. The molecule has 3 atom stereocenters. The van der Waals surface area contributed by atoms with Gasteiger partial charge in [0.2, 0.25) is 5.91 Å². The van der Waals surface area contributed by atoms with Crippen molar-refractivity contribution in [1.82, 2.24) is 15.5 Å². The van der Waals surface area contributed by atoms with Gasteiger partial charge in [-0.15, -0.1) is 12.4 Å². The minimum absolute atomic E-state index is 0. The molecule has 162 valence electrons. The molecule has 1 aromatic rings. The van der Waals surface area contributed by atoms with E-state index in [2.05, 4.69) is 15.4 Å². The third-order valence-corrected chi connectivity index (χ3v) is 5.26. The number of para-hydroxylation sites is 1. The van der Waals surface area contributed by atoms with Crippen molar-refractivity contribution in [3.05, 3.63) is 29.8 Å². The Bertz CT molecular complexity index is 710. The van der Waals surface area contributed by atoms with Gasteiger partial charge >= 0.3 is 6.61 Å². The number of halogens is 3. The van der Waals surface area contributed by atoms with Crippen molar-refractivity contribution in [2.75, 3.05) is 32.7 Å². The average molecular weight is 434 g/mol. The molecule has 7 nitrogen and oxygen atoms in total. The Labute approximate surface area is 174 Å². The Morgan fingerprint density at radius 3 is 2.76 bits per heavy atom. The lowest BCUT2D eigenvalue weighted by molar-refractivity contribution is -0.126. The number of carbonyl (C=O) groups excluding carboxylic acids is 2. The molecule has 2 saturated heterocycles. The summed E-state index contributed by atoms with van der Waals surface area (Å²) in [5.74, 6) is -1.15. The van der Waals surface area contributed by atoms with Gasteiger partial charge in [-0.3, -0.25) is 9.59 Å². The van der Waals surface area contributed by atoms with Gasteiger partial charge in [-0.25, -0.2) is 0 Å². The number of ether oxygens (including phenoxy) is 1. The minimum atomic E-state index is -3.02. The molecule has 3 rings (SSSR count). The molecule has 3 unspecified atom stereocenters. The summed E-state index contributed by atoms with van der Waals surface area (Å²) < 4.78 is 29.6. The number of likely N-dealkylation sites (tertiary alicyclic amines) is 1. The monoisotopic (exact) mass is 433 g/mol. The molecule has 3 N–H and O–H groups in total. The number of amides is 2. The molecule has 0 aromatic heterocycles. The predicted octanol–water partition coefficient (Wildman–Crippen LogP) is 1.26. The molecule has 1 aromatic carbocycles. The number of hydrogen-bond donors (Lipinski definition) is 3. The fraction of sp³-hybridized carbons (Fsp3) is 0.579. The first-order valence-electron chi connectivity index (χ1n) is 9.45. The summed E-state index contributed by atoms with van der Waals surface area (Å²) in [7, 11) is 0. The number of β-amino-alcohol motifs (C(OH)–C–C–N with tert-alkyl or cyclic N) is 1. The summed E-state index contributed by atoms with van der Waals surface area (Å²) in [6.45, 7) is -0.794. The van der Waals surface area contributed by atoms with Gasteiger partial charge in [-0.1, -0.05) is 12.1 Å². The fourth-order valence-corrected chi connectivity index (χ4v) is 3.69. The van der Waals surface area contributed by atoms with E-state index < -0.39 is 18.6 Å². The van der Waals surface area contributed by atoms with E-state index in [0.717, 1.165) is 0 Å². The van der Waals surface area contributed by atoms with Crippen LogP contribution < -0.4 is 15.4 Å². The number of piperidine rings is 1. The highest BCUT2D eigenvalue weighted by Gasteiger charge is 2.31. The van der Waals surface area contributed by atoms with E-state index in [4.69, 9.17) is 0 Å². The van der Waals surface area contributed by atoms with Crippen LogP contribution in [0.5, 0.6) is 5.75 Å². The Morgan fingerprint density at radius 1 is 1.31 bits per heavy atom. The van der Waals surface area contributed by atoms with Gasteiger partial charge in [0.15, 0.2) is 0 Å². The van der Waals surface area contributed by atoms with Crippen LogP contribution in [0.1, 0.15) is 23.2 Å². The summed E-state index contributed by atoms with van der Waals surface area (Å²) >= 11 is 0. The van der Waals surface area contributed by atoms with Gasteiger partial charge in [0.1, 0.15) is 5.75 Å². The average Bonchev–Trinajstić information content (AvgIpc) is 3.10. The lowest BCUT2D eigenvalue weighted by Gasteiger charge is -2.32.